The SMILES string of the molecule is CC1(C)Oc2cc(S(=O)(=O)Cl)ccc2N(c2ccc(F)cc2)C1=O. The topological polar surface area (TPSA) is 63.7 Å². The summed E-state index contributed by atoms with van der Waals surface area (Å²) in [5.74, 6) is -0.587. The number of hydrogen-bond donors (Lipinski definition) is 0. The molecule has 24 heavy (non-hydrogen) atoms. The summed E-state index contributed by atoms with van der Waals surface area (Å²) in [5, 5.41) is 0. The first kappa shape index (κ1) is 16.7. The van der Waals surface area contributed by atoms with Crippen molar-refractivity contribution >= 4 is 37.0 Å². The molecule has 0 fully saturated rings. The van der Waals surface area contributed by atoms with Crippen LogP contribution in [0.2, 0.25) is 0 Å². The van der Waals surface area contributed by atoms with Gasteiger partial charge in [-0.15, -0.1) is 0 Å². The zero-order chi connectivity index (χ0) is 17.7. The van der Waals surface area contributed by atoms with E-state index in [0.29, 0.717) is 11.4 Å². The summed E-state index contributed by atoms with van der Waals surface area (Å²) in [6.07, 6.45) is 0. The molecule has 0 bridgehead atoms. The van der Waals surface area contributed by atoms with Gasteiger partial charge in [0.05, 0.1) is 10.6 Å². The summed E-state index contributed by atoms with van der Waals surface area (Å²) in [6, 6.07) is 9.38. The van der Waals surface area contributed by atoms with Gasteiger partial charge in [0.2, 0.25) is 0 Å². The summed E-state index contributed by atoms with van der Waals surface area (Å²) in [7, 11) is 1.43. The molecule has 0 aliphatic carbocycles. The van der Waals surface area contributed by atoms with E-state index in [1.54, 1.807) is 13.8 Å². The van der Waals surface area contributed by atoms with E-state index in [2.05, 4.69) is 0 Å². The molecule has 1 heterocycles. The van der Waals surface area contributed by atoms with Crippen molar-refractivity contribution in [3.05, 3.63) is 48.3 Å². The van der Waals surface area contributed by atoms with Gasteiger partial charge in [0.15, 0.2) is 5.60 Å². The predicted octanol–water partition coefficient (Wildman–Crippen LogP) is 3.59. The monoisotopic (exact) mass is 369 g/mol. The van der Waals surface area contributed by atoms with Gasteiger partial charge in [0, 0.05) is 22.4 Å². The third-order valence-corrected chi connectivity index (χ3v) is 4.97. The summed E-state index contributed by atoms with van der Waals surface area (Å²) in [4.78, 5) is 14.0. The van der Waals surface area contributed by atoms with Crippen molar-refractivity contribution in [1.82, 2.24) is 0 Å². The molecule has 0 N–H and O–H groups in total. The fourth-order valence-electron chi connectivity index (χ4n) is 2.46. The first-order chi connectivity index (χ1) is 11.1. The number of halogens is 2. The van der Waals surface area contributed by atoms with Crippen LogP contribution in [-0.4, -0.2) is 19.9 Å². The molecule has 0 aromatic heterocycles. The zero-order valence-corrected chi connectivity index (χ0v) is 14.4. The minimum Gasteiger partial charge on any atom is -0.476 e. The van der Waals surface area contributed by atoms with Gasteiger partial charge in [-0.1, -0.05) is 0 Å². The van der Waals surface area contributed by atoms with Crippen molar-refractivity contribution in [1.29, 1.82) is 0 Å². The maximum Gasteiger partial charge on any atom is 0.275 e. The Hall–Kier alpha value is -2.12. The number of rotatable bonds is 2. The molecule has 0 atom stereocenters. The summed E-state index contributed by atoms with van der Waals surface area (Å²) in [6.45, 7) is 3.13. The fraction of sp³-hybridized carbons (Fsp3) is 0.188. The molecule has 2 aromatic carbocycles. The number of anilines is 2. The number of amides is 1. The number of carbonyl (C=O) groups excluding carboxylic acids is 1. The molecule has 0 spiro atoms. The van der Waals surface area contributed by atoms with Gasteiger partial charge in [-0.3, -0.25) is 9.69 Å². The number of ether oxygens (including phenoxy) is 1. The first-order valence-electron chi connectivity index (χ1n) is 6.97. The number of fused-ring (bicyclic) bond motifs is 1. The van der Waals surface area contributed by atoms with E-state index in [4.69, 9.17) is 15.4 Å². The van der Waals surface area contributed by atoms with Gasteiger partial charge < -0.3 is 4.74 Å². The van der Waals surface area contributed by atoms with E-state index in [-0.39, 0.29) is 16.6 Å². The standard InChI is InChI=1S/C16H13ClFNO4S/c1-16(2)15(20)19(11-5-3-10(18)4-6-11)13-8-7-12(24(17,21)22)9-14(13)23-16/h3-9H,1-2H3. The fourth-order valence-corrected chi connectivity index (χ4v) is 3.22. The summed E-state index contributed by atoms with van der Waals surface area (Å²) >= 11 is 0. The second-order valence-electron chi connectivity index (χ2n) is 5.80. The van der Waals surface area contributed by atoms with E-state index >= 15 is 0 Å². The van der Waals surface area contributed by atoms with Crippen LogP contribution < -0.4 is 9.64 Å². The Balaban J connectivity index is 2.20. The quantitative estimate of drug-likeness (QED) is 0.759. The lowest BCUT2D eigenvalue weighted by Gasteiger charge is -2.38. The zero-order valence-electron chi connectivity index (χ0n) is 12.8. The lowest BCUT2D eigenvalue weighted by Crippen LogP contribution is -2.50. The van der Waals surface area contributed by atoms with Crippen LogP contribution in [0.25, 0.3) is 0 Å². The molecular weight excluding hydrogens is 357 g/mol. The van der Waals surface area contributed by atoms with E-state index in [9.17, 15) is 17.6 Å². The third kappa shape index (κ3) is 2.85. The summed E-state index contributed by atoms with van der Waals surface area (Å²) in [5.41, 5.74) is -0.425. The van der Waals surface area contributed by atoms with Gasteiger partial charge >= 0.3 is 0 Å². The van der Waals surface area contributed by atoms with Crippen LogP contribution in [0.3, 0.4) is 0 Å². The largest absolute Gasteiger partial charge is 0.476 e. The first-order valence-corrected chi connectivity index (χ1v) is 9.28. The second kappa shape index (κ2) is 5.46. The Morgan fingerprint density at radius 3 is 2.33 bits per heavy atom. The number of hydrogen-bond acceptors (Lipinski definition) is 4. The van der Waals surface area contributed by atoms with Crippen LogP contribution in [0, 0.1) is 5.82 Å². The van der Waals surface area contributed by atoms with Crippen LogP contribution in [0.4, 0.5) is 15.8 Å². The molecular formula is C16H13ClFNO4S. The van der Waals surface area contributed by atoms with E-state index in [1.807, 2.05) is 0 Å². The minimum atomic E-state index is -3.94. The van der Waals surface area contributed by atoms with Crippen LogP contribution in [0.15, 0.2) is 47.4 Å². The van der Waals surface area contributed by atoms with Crippen LogP contribution in [-0.2, 0) is 13.8 Å². The smallest absolute Gasteiger partial charge is 0.275 e. The third-order valence-electron chi connectivity index (χ3n) is 3.62. The molecule has 5 nitrogen and oxygen atoms in total. The average Bonchev–Trinajstić information content (AvgIpc) is 2.48. The van der Waals surface area contributed by atoms with Crippen molar-refractivity contribution in [3.63, 3.8) is 0 Å². The Labute approximate surface area is 143 Å². The van der Waals surface area contributed by atoms with Crippen LogP contribution in [0.5, 0.6) is 5.75 Å². The second-order valence-corrected chi connectivity index (χ2v) is 8.36. The highest BCUT2D eigenvalue weighted by Crippen LogP contribution is 2.43. The summed E-state index contributed by atoms with van der Waals surface area (Å²) < 4.78 is 41.9. The highest BCUT2D eigenvalue weighted by molar-refractivity contribution is 8.13. The molecule has 3 rings (SSSR count). The van der Waals surface area contributed by atoms with Gasteiger partial charge in [0.1, 0.15) is 11.6 Å². The molecule has 1 aliphatic heterocycles. The van der Waals surface area contributed by atoms with Gasteiger partial charge in [0.25, 0.3) is 15.0 Å². The van der Waals surface area contributed by atoms with E-state index < -0.39 is 20.5 Å². The lowest BCUT2D eigenvalue weighted by atomic mass is 10.0. The normalized spacial score (nSPS) is 16.5. The maximum atomic E-state index is 13.2. The van der Waals surface area contributed by atoms with Crippen molar-refractivity contribution < 1.29 is 22.3 Å². The number of carbonyl (C=O) groups is 1. The van der Waals surface area contributed by atoms with Crippen LogP contribution >= 0.6 is 10.7 Å². The van der Waals surface area contributed by atoms with Gasteiger partial charge in [-0.2, -0.15) is 0 Å². The number of nitrogens with zero attached hydrogens (tertiary/aromatic N) is 1. The molecule has 0 unspecified atom stereocenters. The Kier molecular flexibility index (Phi) is 3.80. The molecule has 8 heteroatoms. The minimum absolute atomic E-state index is 0.132. The molecule has 2 aromatic rings. The van der Waals surface area contributed by atoms with Crippen LogP contribution in [0.1, 0.15) is 13.8 Å². The lowest BCUT2D eigenvalue weighted by molar-refractivity contribution is -0.131. The molecule has 0 saturated carbocycles. The molecule has 0 saturated heterocycles. The van der Waals surface area contributed by atoms with E-state index in [0.717, 1.165) is 0 Å². The van der Waals surface area contributed by atoms with Crippen molar-refractivity contribution in [2.24, 2.45) is 0 Å². The highest BCUT2D eigenvalue weighted by atomic mass is 35.7. The van der Waals surface area contributed by atoms with Crippen molar-refractivity contribution in [3.8, 4) is 5.75 Å². The van der Waals surface area contributed by atoms with Gasteiger partial charge in [-0.25, -0.2) is 12.8 Å². The average molecular weight is 370 g/mol. The van der Waals surface area contributed by atoms with E-state index in [1.165, 1.54) is 47.4 Å². The Bertz CT molecular complexity index is 926. The number of benzene rings is 2. The maximum absolute atomic E-state index is 13.2. The molecule has 0 radical (unpaired) electrons. The van der Waals surface area contributed by atoms with Crippen molar-refractivity contribution in [2.75, 3.05) is 4.90 Å². The molecule has 1 aliphatic rings. The Morgan fingerprint density at radius 2 is 1.75 bits per heavy atom. The molecule has 126 valence electrons. The highest BCUT2D eigenvalue weighted by Gasteiger charge is 2.42. The Morgan fingerprint density at radius 1 is 1.12 bits per heavy atom. The molecule has 1 amide bonds. The predicted molar refractivity (Wildman–Crippen MR) is 87.7 cm³/mol. The van der Waals surface area contributed by atoms with Gasteiger partial charge in [-0.05, 0) is 50.2 Å². The van der Waals surface area contributed by atoms with Crippen molar-refractivity contribution in [2.45, 2.75) is 24.3 Å².